The van der Waals surface area contributed by atoms with Crippen LogP contribution in [0.15, 0.2) is 30.7 Å². The minimum atomic E-state index is -0.543. The maximum atomic E-state index is 13.6. The van der Waals surface area contributed by atoms with Gasteiger partial charge < -0.3 is 4.57 Å². The molecule has 0 aliphatic heterocycles. The van der Waals surface area contributed by atoms with Crippen molar-refractivity contribution in [1.82, 2.24) is 9.55 Å². The molecule has 0 spiro atoms. The van der Waals surface area contributed by atoms with E-state index < -0.39 is 5.82 Å². The fraction of sp³-hybridized carbons (Fsp3) is 0.167. The first-order chi connectivity index (χ1) is 8.08. The Morgan fingerprint density at radius 2 is 2.29 bits per heavy atom. The molecule has 17 heavy (non-hydrogen) atoms. The third-order valence-corrected chi connectivity index (χ3v) is 2.67. The third kappa shape index (κ3) is 2.53. The molecule has 0 unspecified atom stereocenters. The van der Waals surface area contributed by atoms with Crippen molar-refractivity contribution in [2.75, 3.05) is 0 Å². The lowest BCUT2D eigenvalue weighted by atomic mass is 10.1. The van der Waals surface area contributed by atoms with Crippen LogP contribution in [-0.2, 0) is 13.5 Å². The van der Waals surface area contributed by atoms with Crippen LogP contribution in [0, 0.1) is 5.82 Å². The Labute approximate surface area is 103 Å². The van der Waals surface area contributed by atoms with Crippen molar-refractivity contribution in [1.29, 1.82) is 0 Å². The van der Waals surface area contributed by atoms with Gasteiger partial charge in [-0.05, 0) is 11.6 Å². The summed E-state index contributed by atoms with van der Waals surface area (Å²) in [5.74, 6) is -0.773. The van der Waals surface area contributed by atoms with Gasteiger partial charge in [-0.3, -0.25) is 4.79 Å². The number of carbonyl (C=O) groups is 1. The van der Waals surface area contributed by atoms with Gasteiger partial charge in [-0.25, -0.2) is 9.37 Å². The summed E-state index contributed by atoms with van der Waals surface area (Å²) in [6, 6.07) is 4.61. The van der Waals surface area contributed by atoms with Gasteiger partial charge in [0.1, 0.15) is 11.5 Å². The molecular weight excluding hydrogens is 243 g/mol. The molecule has 5 heteroatoms. The molecule has 2 rings (SSSR count). The van der Waals surface area contributed by atoms with Gasteiger partial charge in [-0.2, -0.15) is 0 Å². The molecule has 3 nitrogen and oxygen atoms in total. The van der Waals surface area contributed by atoms with Crippen LogP contribution in [-0.4, -0.2) is 15.3 Å². The van der Waals surface area contributed by atoms with Crippen molar-refractivity contribution in [3.63, 3.8) is 0 Å². The Hall–Kier alpha value is -1.68. The van der Waals surface area contributed by atoms with E-state index in [-0.39, 0.29) is 22.8 Å². The Morgan fingerprint density at radius 3 is 2.94 bits per heavy atom. The Morgan fingerprint density at radius 1 is 1.53 bits per heavy atom. The minimum Gasteiger partial charge on any atom is -0.340 e. The van der Waals surface area contributed by atoms with Gasteiger partial charge in [0.05, 0.1) is 11.3 Å². The lowest BCUT2D eigenvalue weighted by Gasteiger charge is -2.02. The van der Waals surface area contributed by atoms with Gasteiger partial charge in [0.15, 0.2) is 5.78 Å². The highest BCUT2D eigenvalue weighted by Crippen LogP contribution is 2.19. The number of ketones is 1. The molecule has 0 saturated heterocycles. The number of rotatable bonds is 3. The first-order valence-corrected chi connectivity index (χ1v) is 5.40. The lowest BCUT2D eigenvalue weighted by molar-refractivity contribution is 0.0987. The Balaban J connectivity index is 2.21. The number of aromatic nitrogens is 2. The van der Waals surface area contributed by atoms with Crippen molar-refractivity contribution in [2.24, 2.45) is 7.05 Å². The standard InChI is InChI=1S/C12H10ClFN2O/c1-16-6-10(15-7-16)11(17)5-8-3-2-4-9(13)12(8)14/h2-4,6-7H,5H2,1H3. The molecule has 0 aliphatic carbocycles. The van der Waals surface area contributed by atoms with Crippen LogP contribution in [0.25, 0.3) is 0 Å². The van der Waals surface area contributed by atoms with Crippen LogP contribution in [0.3, 0.4) is 0 Å². The van der Waals surface area contributed by atoms with Crippen LogP contribution in [0.1, 0.15) is 16.1 Å². The predicted molar refractivity (Wildman–Crippen MR) is 62.7 cm³/mol. The van der Waals surface area contributed by atoms with E-state index in [1.165, 1.54) is 12.4 Å². The van der Waals surface area contributed by atoms with Gasteiger partial charge in [0.25, 0.3) is 0 Å². The summed E-state index contributed by atoms with van der Waals surface area (Å²) in [5, 5.41) is 0.0244. The average molecular weight is 253 g/mol. The predicted octanol–water partition coefficient (Wildman–Crippen LogP) is 2.64. The number of carbonyl (C=O) groups excluding carboxylic acids is 1. The number of imidazole rings is 1. The first kappa shape index (κ1) is 11.8. The van der Waals surface area contributed by atoms with E-state index in [0.29, 0.717) is 5.69 Å². The van der Waals surface area contributed by atoms with Crippen LogP contribution in [0.4, 0.5) is 4.39 Å². The van der Waals surface area contributed by atoms with Gasteiger partial charge in [-0.15, -0.1) is 0 Å². The van der Waals surface area contributed by atoms with Crippen molar-refractivity contribution >= 4 is 17.4 Å². The molecule has 0 radical (unpaired) electrons. The van der Waals surface area contributed by atoms with E-state index in [9.17, 15) is 9.18 Å². The Kier molecular flexibility index (Phi) is 3.24. The zero-order chi connectivity index (χ0) is 12.4. The second kappa shape index (κ2) is 4.67. The van der Waals surface area contributed by atoms with E-state index in [2.05, 4.69) is 4.98 Å². The average Bonchev–Trinajstić information content (AvgIpc) is 2.72. The number of hydrogen-bond donors (Lipinski definition) is 0. The van der Waals surface area contributed by atoms with Gasteiger partial charge in [-0.1, -0.05) is 23.7 Å². The highest BCUT2D eigenvalue weighted by Gasteiger charge is 2.14. The van der Waals surface area contributed by atoms with Crippen molar-refractivity contribution < 1.29 is 9.18 Å². The number of halogens is 2. The monoisotopic (exact) mass is 252 g/mol. The molecule has 0 saturated carbocycles. The summed E-state index contributed by atoms with van der Waals surface area (Å²) in [5.41, 5.74) is 0.611. The quantitative estimate of drug-likeness (QED) is 0.787. The van der Waals surface area contributed by atoms with Crippen molar-refractivity contribution in [3.8, 4) is 0 Å². The maximum absolute atomic E-state index is 13.6. The minimum absolute atomic E-state index is 0.0244. The SMILES string of the molecule is Cn1cnc(C(=O)Cc2cccc(Cl)c2F)c1. The molecular formula is C12H10ClFN2O. The molecule has 0 bridgehead atoms. The molecule has 0 aliphatic rings. The largest absolute Gasteiger partial charge is 0.340 e. The first-order valence-electron chi connectivity index (χ1n) is 5.02. The summed E-state index contributed by atoms with van der Waals surface area (Å²) in [7, 11) is 1.77. The maximum Gasteiger partial charge on any atom is 0.187 e. The second-order valence-electron chi connectivity index (χ2n) is 3.74. The van der Waals surface area contributed by atoms with Crippen LogP contribution in [0.5, 0.6) is 0 Å². The topological polar surface area (TPSA) is 34.9 Å². The van der Waals surface area contributed by atoms with E-state index in [1.54, 1.807) is 29.9 Å². The normalized spacial score (nSPS) is 10.5. The number of hydrogen-bond acceptors (Lipinski definition) is 2. The summed E-state index contributed by atoms with van der Waals surface area (Å²) in [6.07, 6.45) is 3.09. The second-order valence-corrected chi connectivity index (χ2v) is 4.14. The van der Waals surface area contributed by atoms with Gasteiger partial charge in [0.2, 0.25) is 0 Å². The third-order valence-electron chi connectivity index (χ3n) is 2.37. The van der Waals surface area contributed by atoms with E-state index in [4.69, 9.17) is 11.6 Å². The number of benzene rings is 1. The summed E-state index contributed by atoms with van der Waals surface area (Å²) in [6.45, 7) is 0. The zero-order valence-electron chi connectivity index (χ0n) is 9.15. The molecule has 1 aromatic heterocycles. The van der Waals surface area contributed by atoms with E-state index in [1.807, 2.05) is 0 Å². The summed E-state index contributed by atoms with van der Waals surface area (Å²) >= 11 is 5.64. The van der Waals surface area contributed by atoms with E-state index in [0.717, 1.165) is 0 Å². The number of aryl methyl sites for hydroxylation is 1. The molecule has 0 N–H and O–H groups in total. The lowest BCUT2D eigenvalue weighted by Crippen LogP contribution is -2.05. The van der Waals surface area contributed by atoms with Gasteiger partial charge >= 0.3 is 0 Å². The molecule has 88 valence electrons. The van der Waals surface area contributed by atoms with Crippen LogP contribution in [0.2, 0.25) is 5.02 Å². The smallest absolute Gasteiger partial charge is 0.187 e. The molecule has 0 amide bonds. The molecule has 0 fully saturated rings. The molecule has 0 atom stereocenters. The molecule has 1 heterocycles. The number of Topliss-reactive ketones (excluding diaryl/α,β-unsaturated/α-hetero) is 1. The van der Waals surface area contributed by atoms with Crippen LogP contribution < -0.4 is 0 Å². The fourth-order valence-electron chi connectivity index (χ4n) is 1.51. The molecule has 1 aromatic carbocycles. The summed E-state index contributed by atoms with van der Waals surface area (Å²) < 4.78 is 15.2. The zero-order valence-corrected chi connectivity index (χ0v) is 9.91. The van der Waals surface area contributed by atoms with Gasteiger partial charge in [0, 0.05) is 19.7 Å². The fourth-order valence-corrected chi connectivity index (χ4v) is 1.70. The highest BCUT2D eigenvalue weighted by atomic mass is 35.5. The highest BCUT2D eigenvalue weighted by molar-refractivity contribution is 6.30. The van der Waals surface area contributed by atoms with E-state index >= 15 is 0 Å². The number of nitrogens with zero attached hydrogens (tertiary/aromatic N) is 2. The van der Waals surface area contributed by atoms with Crippen LogP contribution >= 0.6 is 11.6 Å². The molecule has 2 aromatic rings. The van der Waals surface area contributed by atoms with Crippen molar-refractivity contribution in [3.05, 3.63) is 52.8 Å². The Bertz CT molecular complexity index is 565. The van der Waals surface area contributed by atoms with Crippen molar-refractivity contribution in [2.45, 2.75) is 6.42 Å². The summed E-state index contributed by atoms with van der Waals surface area (Å²) in [4.78, 5) is 15.7.